The van der Waals surface area contributed by atoms with Crippen molar-refractivity contribution in [2.45, 2.75) is 12.8 Å². The lowest BCUT2D eigenvalue weighted by Crippen LogP contribution is -2.00. The molecule has 15 heavy (non-hydrogen) atoms. The third kappa shape index (κ3) is 11.9. The summed E-state index contributed by atoms with van der Waals surface area (Å²) in [5.41, 5.74) is 0. The number of rotatable bonds is 7. The van der Waals surface area contributed by atoms with Gasteiger partial charge in [0.25, 0.3) is 0 Å². The monoisotopic (exact) mass is 272 g/mol. The number of nitrogens with one attached hydrogen (secondary N) is 2. The minimum atomic E-state index is 0. The summed E-state index contributed by atoms with van der Waals surface area (Å²) in [6.45, 7) is 0. The van der Waals surface area contributed by atoms with Gasteiger partial charge in [-0.15, -0.1) is 12.4 Å². The van der Waals surface area contributed by atoms with Gasteiger partial charge < -0.3 is 9.47 Å². The SMILES string of the molecule is COC(=N)CCSSCCC(=N)OC.Cl. The molecule has 0 heterocycles. The van der Waals surface area contributed by atoms with Gasteiger partial charge in [0.05, 0.1) is 14.2 Å². The van der Waals surface area contributed by atoms with Gasteiger partial charge in [0, 0.05) is 24.3 Å². The molecule has 0 spiro atoms. The summed E-state index contributed by atoms with van der Waals surface area (Å²) in [5.74, 6) is 2.39. The molecule has 0 aliphatic carbocycles. The molecule has 90 valence electrons. The topological polar surface area (TPSA) is 66.2 Å². The van der Waals surface area contributed by atoms with E-state index in [0.717, 1.165) is 11.5 Å². The smallest absolute Gasteiger partial charge is 0.180 e. The maximum Gasteiger partial charge on any atom is 0.180 e. The van der Waals surface area contributed by atoms with Crippen LogP contribution >= 0.6 is 34.0 Å². The summed E-state index contributed by atoms with van der Waals surface area (Å²) in [6, 6.07) is 0. The zero-order valence-corrected chi connectivity index (χ0v) is 11.3. The van der Waals surface area contributed by atoms with Crippen molar-refractivity contribution in [3.8, 4) is 0 Å². The minimum Gasteiger partial charge on any atom is -0.484 e. The fourth-order valence-electron chi connectivity index (χ4n) is 0.591. The molecular weight excluding hydrogens is 256 g/mol. The van der Waals surface area contributed by atoms with E-state index in [1.54, 1.807) is 21.6 Å². The Kier molecular flexibility index (Phi) is 13.9. The maximum absolute atomic E-state index is 7.22. The van der Waals surface area contributed by atoms with Gasteiger partial charge in [-0.3, -0.25) is 10.8 Å². The predicted octanol–water partition coefficient (Wildman–Crippen LogP) is 2.82. The van der Waals surface area contributed by atoms with Crippen molar-refractivity contribution >= 4 is 45.8 Å². The highest BCUT2D eigenvalue weighted by atomic mass is 35.5. The third-order valence-corrected chi connectivity index (χ3v) is 3.81. The molecule has 0 saturated carbocycles. The van der Waals surface area contributed by atoms with Crippen LogP contribution < -0.4 is 0 Å². The second kappa shape index (κ2) is 12.0. The predicted molar refractivity (Wildman–Crippen MR) is 70.9 cm³/mol. The van der Waals surface area contributed by atoms with E-state index in [4.69, 9.17) is 20.3 Å². The summed E-state index contributed by atoms with van der Waals surface area (Å²) < 4.78 is 9.44. The Hall–Kier alpha value is -0.0700. The third-order valence-electron chi connectivity index (χ3n) is 1.40. The summed E-state index contributed by atoms with van der Waals surface area (Å²) in [7, 11) is 6.41. The first-order valence-electron chi connectivity index (χ1n) is 4.18. The molecule has 0 saturated heterocycles. The quantitative estimate of drug-likeness (QED) is 0.324. The van der Waals surface area contributed by atoms with Crippen LogP contribution in [0.15, 0.2) is 0 Å². The zero-order chi connectivity index (χ0) is 10.8. The molecule has 0 amide bonds. The van der Waals surface area contributed by atoms with Gasteiger partial charge in [-0.1, -0.05) is 21.6 Å². The first kappa shape index (κ1) is 17.3. The first-order chi connectivity index (χ1) is 6.70. The van der Waals surface area contributed by atoms with Crippen molar-refractivity contribution < 1.29 is 9.47 Å². The van der Waals surface area contributed by atoms with Gasteiger partial charge in [-0.05, 0) is 0 Å². The van der Waals surface area contributed by atoms with Gasteiger partial charge >= 0.3 is 0 Å². The Balaban J connectivity index is 0. The van der Waals surface area contributed by atoms with Gasteiger partial charge in [0.2, 0.25) is 0 Å². The van der Waals surface area contributed by atoms with Gasteiger partial charge in [0.15, 0.2) is 11.8 Å². The van der Waals surface area contributed by atoms with Crippen LogP contribution in [0.4, 0.5) is 0 Å². The molecule has 0 aromatic carbocycles. The summed E-state index contributed by atoms with van der Waals surface area (Å²) in [6.07, 6.45) is 1.33. The van der Waals surface area contributed by atoms with Gasteiger partial charge in [-0.25, -0.2) is 0 Å². The average molecular weight is 273 g/mol. The molecule has 0 aliphatic rings. The van der Waals surface area contributed by atoms with E-state index >= 15 is 0 Å². The first-order valence-corrected chi connectivity index (χ1v) is 6.66. The Morgan fingerprint density at radius 1 is 0.933 bits per heavy atom. The molecule has 2 N–H and O–H groups in total. The van der Waals surface area contributed by atoms with Crippen LogP contribution in [0.3, 0.4) is 0 Å². The lowest BCUT2D eigenvalue weighted by atomic mass is 10.5. The second-order valence-electron chi connectivity index (χ2n) is 2.40. The molecule has 0 unspecified atom stereocenters. The van der Waals surface area contributed by atoms with E-state index in [9.17, 15) is 0 Å². The lowest BCUT2D eigenvalue weighted by molar-refractivity contribution is 0.388. The van der Waals surface area contributed by atoms with Crippen LogP contribution in [0.25, 0.3) is 0 Å². The van der Waals surface area contributed by atoms with E-state index in [0.29, 0.717) is 24.6 Å². The Bertz CT molecular complexity index is 173. The van der Waals surface area contributed by atoms with Gasteiger partial charge in [-0.2, -0.15) is 0 Å². The second-order valence-corrected chi connectivity index (χ2v) is 5.10. The molecule has 0 radical (unpaired) electrons. The minimum absolute atomic E-state index is 0. The number of hydrogen-bond donors (Lipinski definition) is 2. The van der Waals surface area contributed by atoms with Crippen molar-refractivity contribution in [1.82, 2.24) is 0 Å². The zero-order valence-electron chi connectivity index (χ0n) is 8.87. The Morgan fingerprint density at radius 3 is 1.53 bits per heavy atom. The fraction of sp³-hybridized carbons (Fsp3) is 0.750. The molecule has 0 rings (SSSR count). The van der Waals surface area contributed by atoms with Crippen LogP contribution in [0.5, 0.6) is 0 Å². The van der Waals surface area contributed by atoms with E-state index in [1.165, 1.54) is 14.2 Å². The molecule has 0 atom stereocenters. The van der Waals surface area contributed by atoms with Crippen molar-refractivity contribution in [2.24, 2.45) is 0 Å². The maximum atomic E-state index is 7.22. The number of methoxy groups -OCH3 is 2. The normalized spacial score (nSPS) is 8.93. The molecule has 0 fully saturated rings. The summed E-state index contributed by atoms with van der Waals surface area (Å²) in [4.78, 5) is 0. The van der Waals surface area contributed by atoms with Crippen LogP contribution in [-0.2, 0) is 9.47 Å². The van der Waals surface area contributed by atoms with Crippen LogP contribution in [0.1, 0.15) is 12.8 Å². The van der Waals surface area contributed by atoms with Gasteiger partial charge in [0.1, 0.15) is 0 Å². The van der Waals surface area contributed by atoms with Crippen molar-refractivity contribution in [1.29, 1.82) is 10.8 Å². The van der Waals surface area contributed by atoms with E-state index in [1.807, 2.05) is 0 Å². The Labute approximate surface area is 105 Å². The lowest BCUT2D eigenvalue weighted by Gasteiger charge is -2.02. The molecule has 0 aliphatic heterocycles. The standard InChI is InChI=1S/C8H16N2O2S2.ClH/c1-11-7(9)3-5-13-14-6-4-8(10)12-2;/h9-10H,3-6H2,1-2H3;1H. The van der Waals surface area contributed by atoms with E-state index in [-0.39, 0.29) is 12.4 Å². The largest absolute Gasteiger partial charge is 0.484 e. The highest BCUT2D eigenvalue weighted by Crippen LogP contribution is 2.22. The molecule has 0 aromatic rings. The van der Waals surface area contributed by atoms with Crippen molar-refractivity contribution in [2.75, 3.05) is 25.7 Å². The molecule has 4 nitrogen and oxygen atoms in total. The Morgan fingerprint density at radius 2 is 1.27 bits per heavy atom. The molecule has 0 aromatic heterocycles. The fourth-order valence-corrected chi connectivity index (χ4v) is 2.57. The van der Waals surface area contributed by atoms with Crippen molar-refractivity contribution in [3.63, 3.8) is 0 Å². The van der Waals surface area contributed by atoms with Crippen LogP contribution in [0.2, 0.25) is 0 Å². The highest BCUT2D eigenvalue weighted by Gasteiger charge is 1.98. The molecular formula is C8H17ClN2O2S2. The van der Waals surface area contributed by atoms with Crippen LogP contribution in [-0.4, -0.2) is 37.5 Å². The molecule has 0 bridgehead atoms. The van der Waals surface area contributed by atoms with E-state index in [2.05, 4.69) is 0 Å². The number of halogens is 1. The average Bonchev–Trinajstić information content (AvgIpc) is 2.22. The number of hydrogen-bond acceptors (Lipinski definition) is 6. The van der Waals surface area contributed by atoms with Crippen LogP contribution in [0, 0.1) is 10.8 Å². The van der Waals surface area contributed by atoms with Crippen molar-refractivity contribution in [3.05, 3.63) is 0 Å². The molecule has 7 heteroatoms. The highest BCUT2D eigenvalue weighted by molar-refractivity contribution is 8.76. The number of ether oxygens (including phenoxy) is 2. The summed E-state index contributed by atoms with van der Waals surface area (Å²) >= 11 is 0. The summed E-state index contributed by atoms with van der Waals surface area (Å²) in [5, 5.41) is 14.4. The van der Waals surface area contributed by atoms with E-state index < -0.39 is 0 Å².